The van der Waals surface area contributed by atoms with Gasteiger partial charge in [0.15, 0.2) is 0 Å². The molecule has 1 aliphatic carbocycles. The first-order valence-corrected chi connectivity index (χ1v) is 9.75. The van der Waals surface area contributed by atoms with Crippen LogP contribution >= 0.6 is 0 Å². The lowest BCUT2D eigenvalue weighted by molar-refractivity contribution is 0.0362. The van der Waals surface area contributed by atoms with Gasteiger partial charge in [-0.25, -0.2) is 4.79 Å². The van der Waals surface area contributed by atoms with Crippen LogP contribution in [0.4, 0.5) is 0 Å². The van der Waals surface area contributed by atoms with Gasteiger partial charge in [0.05, 0.1) is 17.7 Å². The monoisotopic (exact) mass is 340 g/mol. The largest absolute Gasteiger partial charge is 0.462 e. The Morgan fingerprint density at radius 2 is 2.20 bits per heavy atom. The van der Waals surface area contributed by atoms with E-state index in [4.69, 9.17) is 4.74 Å². The SMILES string of the molecule is CCc1cc(C(=O)OCC2CNC3CCCCC3C2)c2ccccn12. The molecule has 4 heteroatoms. The van der Waals surface area contributed by atoms with Gasteiger partial charge in [-0.15, -0.1) is 0 Å². The summed E-state index contributed by atoms with van der Waals surface area (Å²) in [6, 6.07) is 8.64. The zero-order chi connectivity index (χ0) is 17.2. The quantitative estimate of drug-likeness (QED) is 0.860. The first-order chi connectivity index (χ1) is 12.3. The number of nitrogens with one attached hydrogen (secondary N) is 1. The molecule has 25 heavy (non-hydrogen) atoms. The minimum Gasteiger partial charge on any atom is -0.462 e. The highest BCUT2D eigenvalue weighted by Gasteiger charge is 2.32. The van der Waals surface area contributed by atoms with Crippen molar-refractivity contribution in [2.24, 2.45) is 11.8 Å². The lowest BCUT2D eigenvalue weighted by Crippen LogP contribution is -2.47. The third-order valence-electron chi connectivity index (χ3n) is 6.00. The minimum absolute atomic E-state index is 0.186. The van der Waals surface area contributed by atoms with E-state index in [1.54, 1.807) is 0 Å². The van der Waals surface area contributed by atoms with Gasteiger partial charge in [0, 0.05) is 30.4 Å². The third-order valence-corrected chi connectivity index (χ3v) is 6.00. The predicted molar refractivity (Wildman–Crippen MR) is 98.9 cm³/mol. The number of nitrogens with zero attached hydrogens (tertiary/aromatic N) is 1. The summed E-state index contributed by atoms with van der Waals surface area (Å²) in [7, 11) is 0. The standard InChI is InChI=1S/C21H28N2O2/c1-2-17-12-18(20-9-5-6-10-23(17)20)21(24)25-14-15-11-16-7-3-4-8-19(16)22-13-15/h5-6,9-10,12,15-16,19,22H,2-4,7-8,11,13-14H2,1H3. The lowest BCUT2D eigenvalue weighted by atomic mass is 9.76. The van der Waals surface area contributed by atoms with E-state index in [0.29, 0.717) is 24.1 Å². The Bertz CT molecular complexity index is 751. The van der Waals surface area contributed by atoms with Gasteiger partial charge in [-0.05, 0) is 49.8 Å². The zero-order valence-corrected chi connectivity index (χ0v) is 15.0. The van der Waals surface area contributed by atoms with E-state index in [-0.39, 0.29) is 5.97 Å². The number of hydrogen-bond donors (Lipinski definition) is 1. The Morgan fingerprint density at radius 1 is 1.32 bits per heavy atom. The minimum atomic E-state index is -0.186. The molecule has 4 rings (SSSR count). The number of piperidine rings is 1. The maximum absolute atomic E-state index is 12.7. The summed E-state index contributed by atoms with van der Waals surface area (Å²) >= 11 is 0. The van der Waals surface area contributed by atoms with Crippen molar-refractivity contribution in [2.45, 2.75) is 51.5 Å². The van der Waals surface area contributed by atoms with Gasteiger partial charge in [-0.1, -0.05) is 25.8 Å². The van der Waals surface area contributed by atoms with Crippen molar-refractivity contribution < 1.29 is 9.53 Å². The molecule has 0 aromatic carbocycles. The van der Waals surface area contributed by atoms with Crippen LogP contribution in [0.3, 0.4) is 0 Å². The van der Waals surface area contributed by atoms with Crippen molar-refractivity contribution in [1.82, 2.24) is 9.72 Å². The molecular formula is C21H28N2O2. The fraction of sp³-hybridized carbons (Fsp3) is 0.571. The highest BCUT2D eigenvalue weighted by atomic mass is 16.5. The first-order valence-electron chi connectivity index (χ1n) is 9.75. The molecule has 0 amide bonds. The number of carbonyl (C=O) groups is 1. The predicted octanol–water partition coefficient (Wildman–Crippen LogP) is 3.83. The number of aromatic nitrogens is 1. The maximum atomic E-state index is 12.7. The van der Waals surface area contributed by atoms with Crippen LogP contribution in [0, 0.1) is 11.8 Å². The Morgan fingerprint density at radius 3 is 3.08 bits per heavy atom. The Kier molecular flexibility index (Phi) is 4.80. The van der Waals surface area contributed by atoms with Crippen LogP contribution in [0.5, 0.6) is 0 Å². The highest BCUT2D eigenvalue weighted by molar-refractivity contribution is 5.97. The van der Waals surface area contributed by atoms with Crippen molar-refractivity contribution in [2.75, 3.05) is 13.2 Å². The van der Waals surface area contributed by atoms with Crippen molar-refractivity contribution in [3.8, 4) is 0 Å². The van der Waals surface area contributed by atoms with Gasteiger partial charge in [-0.2, -0.15) is 0 Å². The van der Waals surface area contributed by atoms with E-state index in [0.717, 1.165) is 30.1 Å². The molecule has 1 saturated heterocycles. The number of esters is 1. The van der Waals surface area contributed by atoms with Crippen LogP contribution in [0.1, 0.15) is 55.1 Å². The van der Waals surface area contributed by atoms with Gasteiger partial charge in [0.2, 0.25) is 0 Å². The lowest BCUT2D eigenvalue weighted by Gasteiger charge is -2.39. The summed E-state index contributed by atoms with van der Waals surface area (Å²) in [6.45, 7) is 3.62. The van der Waals surface area contributed by atoms with Crippen LogP contribution in [-0.4, -0.2) is 29.6 Å². The molecule has 3 heterocycles. The number of rotatable bonds is 4. The Balaban J connectivity index is 1.41. The van der Waals surface area contributed by atoms with Crippen LogP contribution in [0.15, 0.2) is 30.5 Å². The third kappa shape index (κ3) is 3.32. The summed E-state index contributed by atoms with van der Waals surface area (Å²) in [5.74, 6) is 1.03. The normalized spacial score (nSPS) is 26.4. The summed E-state index contributed by atoms with van der Waals surface area (Å²) in [5, 5.41) is 3.68. The van der Waals surface area contributed by atoms with E-state index < -0.39 is 0 Å². The molecule has 0 spiro atoms. The number of carbonyl (C=O) groups excluding carboxylic acids is 1. The molecule has 0 radical (unpaired) electrons. The first kappa shape index (κ1) is 16.6. The molecule has 2 aliphatic rings. The average molecular weight is 340 g/mol. The summed E-state index contributed by atoms with van der Waals surface area (Å²) in [6.07, 6.45) is 9.45. The molecular weight excluding hydrogens is 312 g/mol. The van der Waals surface area contributed by atoms with Crippen LogP contribution < -0.4 is 5.32 Å². The van der Waals surface area contributed by atoms with Gasteiger partial charge < -0.3 is 14.5 Å². The molecule has 134 valence electrons. The maximum Gasteiger partial charge on any atom is 0.340 e. The van der Waals surface area contributed by atoms with Crippen LogP contribution in [0.25, 0.3) is 5.52 Å². The second-order valence-corrected chi connectivity index (χ2v) is 7.62. The fourth-order valence-corrected chi connectivity index (χ4v) is 4.65. The average Bonchev–Trinajstić information content (AvgIpc) is 3.05. The summed E-state index contributed by atoms with van der Waals surface area (Å²) in [5.41, 5.74) is 2.78. The van der Waals surface area contributed by atoms with E-state index in [2.05, 4.69) is 16.6 Å². The molecule has 4 nitrogen and oxygen atoms in total. The molecule has 3 atom stereocenters. The van der Waals surface area contributed by atoms with Gasteiger partial charge >= 0.3 is 5.97 Å². The van der Waals surface area contributed by atoms with E-state index >= 15 is 0 Å². The van der Waals surface area contributed by atoms with Crippen molar-refractivity contribution >= 4 is 11.5 Å². The smallest absolute Gasteiger partial charge is 0.340 e. The number of fused-ring (bicyclic) bond motifs is 2. The fourth-order valence-electron chi connectivity index (χ4n) is 4.65. The van der Waals surface area contributed by atoms with Crippen molar-refractivity contribution in [1.29, 1.82) is 0 Å². The molecule has 3 unspecified atom stereocenters. The second-order valence-electron chi connectivity index (χ2n) is 7.62. The molecule has 0 bridgehead atoms. The second kappa shape index (κ2) is 7.20. The van der Waals surface area contributed by atoms with Crippen molar-refractivity contribution in [3.05, 3.63) is 41.7 Å². The van der Waals surface area contributed by atoms with Crippen LogP contribution in [0.2, 0.25) is 0 Å². The molecule has 2 aromatic heterocycles. The Hall–Kier alpha value is -1.81. The van der Waals surface area contributed by atoms with Gasteiger partial charge in [0.25, 0.3) is 0 Å². The Labute approximate surface area is 149 Å². The molecule has 1 aliphatic heterocycles. The van der Waals surface area contributed by atoms with Crippen LogP contribution in [-0.2, 0) is 11.2 Å². The molecule has 1 N–H and O–H groups in total. The molecule has 2 fully saturated rings. The topological polar surface area (TPSA) is 42.7 Å². The number of ether oxygens (including phenoxy) is 1. The van der Waals surface area contributed by atoms with Gasteiger partial charge in [-0.3, -0.25) is 0 Å². The van der Waals surface area contributed by atoms with Gasteiger partial charge in [0.1, 0.15) is 0 Å². The summed E-state index contributed by atoms with van der Waals surface area (Å²) in [4.78, 5) is 12.7. The molecule has 1 saturated carbocycles. The van der Waals surface area contributed by atoms with E-state index in [9.17, 15) is 4.79 Å². The highest BCUT2D eigenvalue weighted by Crippen LogP contribution is 2.33. The molecule has 2 aromatic rings. The van der Waals surface area contributed by atoms with E-state index in [1.165, 1.54) is 32.1 Å². The number of aryl methyl sites for hydroxylation is 1. The van der Waals surface area contributed by atoms with Crippen molar-refractivity contribution in [3.63, 3.8) is 0 Å². The zero-order valence-electron chi connectivity index (χ0n) is 15.0. The number of pyridine rings is 1. The van der Waals surface area contributed by atoms with E-state index in [1.807, 2.05) is 30.5 Å². The number of hydrogen-bond acceptors (Lipinski definition) is 3. The summed E-state index contributed by atoms with van der Waals surface area (Å²) < 4.78 is 7.81.